The van der Waals surface area contributed by atoms with E-state index in [1.54, 1.807) is 0 Å². The van der Waals surface area contributed by atoms with Crippen molar-refractivity contribution in [1.29, 1.82) is 0 Å². The summed E-state index contributed by atoms with van der Waals surface area (Å²) in [5.74, 6) is 0.899. The van der Waals surface area contributed by atoms with Crippen LogP contribution in [0.1, 0.15) is 59.3 Å². The van der Waals surface area contributed by atoms with Crippen LogP contribution in [-0.2, 0) is 4.74 Å². The van der Waals surface area contributed by atoms with Crippen molar-refractivity contribution in [1.82, 2.24) is 19.8 Å². The molecule has 6 rings (SSSR count). The van der Waals surface area contributed by atoms with Crippen LogP contribution in [0.3, 0.4) is 0 Å². The summed E-state index contributed by atoms with van der Waals surface area (Å²) in [5.41, 5.74) is 0.524. The van der Waals surface area contributed by atoms with E-state index in [1.165, 1.54) is 38.8 Å². The highest BCUT2D eigenvalue weighted by Crippen LogP contribution is 2.40. The molecule has 194 valence electrons. The van der Waals surface area contributed by atoms with Gasteiger partial charge in [0.25, 0.3) is 0 Å². The second-order valence-corrected chi connectivity index (χ2v) is 12.8. The highest BCUT2D eigenvalue weighted by atomic mass is 79.9. The van der Waals surface area contributed by atoms with Gasteiger partial charge in [0.15, 0.2) is 0 Å². The maximum Gasteiger partial charge on any atom is 0.410 e. The first-order valence-electron chi connectivity index (χ1n) is 13.3. The molecule has 1 aromatic carbocycles. The molecule has 4 fully saturated rings. The Kier molecular flexibility index (Phi) is 6.06. The second kappa shape index (κ2) is 9.01. The molecule has 2 atom stereocenters. The minimum Gasteiger partial charge on any atom is -0.461 e. The molecule has 8 nitrogen and oxygen atoms in total. The number of nitrogens with zero attached hydrogens (tertiary/aromatic N) is 5. The molecule has 9 heteroatoms. The van der Waals surface area contributed by atoms with E-state index in [-0.39, 0.29) is 23.7 Å². The molecule has 2 bridgehead atoms. The third kappa shape index (κ3) is 4.42. The molecule has 36 heavy (non-hydrogen) atoms. The Balaban J connectivity index is 1.27. The molecule has 0 spiro atoms. The number of carbonyl (C=O) groups is 1. The number of benzene rings is 1. The highest BCUT2D eigenvalue weighted by molar-refractivity contribution is 9.10. The molecule has 4 aliphatic rings. The van der Waals surface area contributed by atoms with Crippen molar-refractivity contribution in [2.24, 2.45) is 0 Å². The molecule has 0 unspecified atom stereocenters. The first-order chi connectivity index (χ1) is 17.2. The summed E-state index contributed by atoms with van der Waals surface area (Å²) in [6.45, 7) is 10.2. The van der Waals surface area contributed by atoms with Crippen LogP contribution in [-0.4, -0.2) is 81.9 Å². The summed E-state index contributed by atoms with van der Waals surface area (Å²) < 4.78 is 13.1. The summed E-state index contributed by atoms with van der Waals surface area (Å²) in [6.07, 6.45) is 6.62. The number of anilines is 1. The molecule has 0 radical (unpaired) electrons. The molecule has 0 saturated carbocycles. The number of ether oxygens (including phenoxy) is 2. The van der Waals surface area contributed by atoms with Gasteiger partial charge in [-0.3, -0.25) is 9.80 Å². The van der Waals surface area contributed by atoms with Gasteiger partial charge in [0.05, 0.1) is 23.1 Å². The van der Waals surface area contributed by atoms with Gasteiger partial charge in [0, 0.05) is 22.9 Å². The Morgan fingerprint density at radius 2 is 1.81 bits per heavy atom. The lowest BCUT2D eigenvalue weighted by molar-refractivity contribution is 0.0123. The third-order valence-corrected chi connectivity index (χ3v) is 8.78. The van der Waals surface area contributed by atoms with Crippen molar-refractivity contribution in [2.45, 2.75) is 82.5 Å². The van der Waals surface area contributed by atoms with E-state index in [1.807, 2.05) is 37.8 Å². The maximum absolute atomic E-state index is 13.0. The van der Waals surface area contributed by atoms with E-state index < -0.39 is 5.60 Å². The van der Waals surface area contributed by atoms with Gasteiger partial charge in [-0.05, 0) is 90.6 Å². The molecule has 1 amide bonds. The van der Waals surface area contributed by atoms with Crippen LogP contribution in [0.2, 0.25) is 0 Å². The van der Waals surface area contributed by atoms with E-state index in [9.17, 15) is 4.79 Å². The fraction of sp³-hybridized carbons (Fsp3) is 0.667. The molecule has 5 heterocycles. The van der Waals surface area contributed by atoms with Crippen LogP contribution in [0.15, 0.2) is 22.7 Å². The molecule has 0 aliphatic carbocycles. The predicted molar refractivity (Wildman–Crippen MR) is 143 cm³/mol. The second-order valence-electron chi connectivity index (χ2n) is 11.9. The average Bonchev–Trinajstić information content (AvgIpc) is 3.46. The van der Waals surface area contributed by atoms with Gasteiger partial charge >= 0.3 is 12.1 Å². The van der Waals surface area contributed by atoms with Crippen LogP contribution in [0.25, 0.3) is 10.9 Å². The molecule has 2 aromatic rings. The summed E-state index contributed by atoms with van der Waals surface area (Å²) in [6, 6.07) is 6.84. The molecule has 4 aliphatic heterocycles. The van der Waals surface area contributed by atoms with Crippen LogP contribution >= 0.6 is 15.9 Å². The SMILES string of the molecule is CC(C)(C)OC(=O)N1[C@@H]2CC[C@H]1CN(c1nc(OCC34CCCN3CCC4)nc3cc(Br)ccc13)C2. The number of hydrogen-bond donors (Lipinski definition) is 0. The smallest absolute Gasteiger partial charge is 0.410 e. The van der Waals surface area contributed by atoms with Crippen molar-refractivity contribution in [3.8, 4) is 6.01 Å². The molecule has 4 saturated heterocycles. The first kappa shape index (κ1) is 24.2. The van der Waals surface area contributed by atoms with Crippen LogP contribution < -0.4 is 9.64 Å². The molecule has 1 aromatic heterocycles. The minimum atomic E-state index is -0.496. The standard InChI is InChI=1S/C27H36BrN5O3/c1-26(2,3)36-25(34)33-19-7-8-20(33)16-31(15-19)23-21-9-6-18(28)14-22(21)29-24(30-23)35-17-27-10-4-12-32(27)13-5-11-27/h6,9,14,19-20H,4-5,7-8,10-13,15-17H2,1-3H3/t19-,20+. The van der Waals surface area contributed by atoms with Gasteiger partial charge in [0.2, 0.25) is 0 Å². The van der Waals surface area contributed by atoms with Crippen LogP contribution in [0.4, 0.5) is 10.6 Å². The van der Waals surface area contributed by atoms with Crippen molar-refractivity contribution in [3.63, 3.8) is 0 Å². The Labute approximate surface area is 221 Å². The van der Waals surface area contributed by atoms with Crippen molar-refractivity contribution in [3.05, 3.63) is 22.7 Å². The summed E-state index contributed by atoms with van der Waals surface area (Å²) in [7, 11) is 0. The molecular formula is C27H36BrN5O3. The number of piperazine rings is 1. The first-order valence-corrected chi connectivity index (χ1v) is 14.1. The molecular weight excluding hydrogens is 522 g/mol. The van der Waals surface area contributed by atoms with E-state index in [0.717, 1.165) is 47.1 Å². The highest BCUT2D eigenvalue weighted by Gasteiger charge is 2.46. The number of halogens is 1. The normalized spacial score (nSPS) is 25.4. The number of hydrogen-bond acceptors (Lipinski definition) is 7. The summed E-state index contributed by atoms with van der Waals surface area (Å²) >= 11 is 3.60. The topological polar surface area (TPSA) is 71.0 Å². The number of rotatable bonds is 4. The zero-order chi connectivity index (χ0) is 25.1. The number of amides is 1. The van der Waals surface area contributed by atoms with E-state index in [0.29, 0.717) is 12.6 Å². The Morgan fingerprint density at radius 1 is 1.11 bits per heavy atom. The Hall–Kier alpha value is -2.13. The van der Waals surface area contributed by atoms with Gasteiger partial charge in [-0.15, -0.1) is 0 Å². The summed E-state index contributed by atoms with van der Waals surface area (Å²) in [4.78, 5) is 29.6. The number of carbonyl (C=O) groups excluding carboxylic acids is 1. The van der Waals surface area contributed by atoms with Crippen molar-refractivity contribution < 1.29 is 14.3 Å². The zero-order valence-corrected chi connectivity index (χ0v) is 23.1. The Bertz CT molecular complexity index is 1140. The quantitative estimate of drug-likeness (QED) is 0.524. The van der Waals surface area contributed by atoms with E-state index >= 15 is 0 Å². The number of aromatic nitrogens is 2. The predicted octanol–water partition coefficient (Wildman–Crippen LogP) is 4.99. The summed E-state index contributed by atoms with van der Waals surface area (Å²) in [5, 5.41) is 1.01. The van der Waals surface area contributed by atoms with Crippen molar-refractivity contribution in [2.75, 3.05) is 37.7 Å². The van der Waals surface area contributed by atoms with Gasteiger partial charge in [0.1, 0.15) is 18.0 Å². The monoisotopic (exact) mass is 557 g/mol. The lowest BCUT2D eigenvalue weighted by Gasteiger charge is -2.42. The van der Waals surface area contributed by atoms with E-state index in [2.05, 4.69) is 31.8 Å². The van der Waals surface area contributed by atoms with E-state index in [4.69, 9.17) is 19.4 Å². The largest absolute Gasteiger partial charge is 0.461 e. The van der Waals surface area contributed by atoms with Gasteiger partial charge < -0.3 is 14.4 Å². The lowest BCUT2D eigenvalue weighted by Crippen LogP contribution is -2.57. The van der Waals surface area contributed by atoms with Crippen molar-refractivity contribution >= 4 is 38.7 Å². The van der Waals surface area contributed by atoms with Gasteiger partial charge in [-0.2, -0.15) is 9.97 Å². The third-order valence-electron chi connectivity index (χ3n) is 8.29. The average molecular weight is 559 g/mol. The number of fused-ring (bicyclic) bond motifs is 4. The fourth-order valence-corrected chi connectivity index (χ4v) is 7.07. The lowest BCUT2D eigenvalue weighted by atomic mass is 9.95. The van der Waals surface area contributed by atoms with Crippen LogP contribution in [0, 0.1) is 0 Å². The van der Waals surface area contributed by atoms with Gasteiger partial charge in [-0.25, -0.2) is 4.79 Å². The fourth-order valence-electron chi connectivity index (χ4n) is 6.72. The maximum atomic E-state index is 13.0. The molecule has 0 N–H and O–H groups in total. The van der Waals surface area contributed by atoms with Gasteiger partial charge in [-0.1, -0.05) is 15.9 Å². The van der Waals surface area contributed by atoms with Crippen LogP contribution in [0.5, 0.6) is 6.01 Å². The Morgan fingerprint density at radius 3 is 2.47 bits per heavy atom. The zero-order valence-electron chi connectivity index (χ0n) is 21.5. The minimum absolute atomic E-state index is 0.118.